The van der Waals surface area contributed by atoms with E-state index in [0.717, 1.165) is 36.3 Å². The second-order valence-corrected chi connectivity index (χ2v) is 13.0. The minimum Gasteiger partial charge on any atom is -0.490 e. The van der Waals surface area contributed by atoms with Gasteiger partial charge in [-0.15, -0.1) is 0 Å². The van der Waals surface area contributed by atoms with Crippen LogP contribution in [0.1, 0.15) is 56.0 Å². The maximum Gasteiger partial charge on any atom is 0.323 e. The molecule has 49 heavy (non-hydrogen) atoms. The van der Waals surface area contributed by atoms with Gasteiger partial charge in [-0.05, 0) is 100 Å². The molecule has 12 heteroatoms. The third kappa shape index (κ3) is 9.84. The van der Waals surface area contributed by atoms with E-state index in [2.05, 4.69) is 22.5 Å². The molecule has 0 fully saturated rings. The molecule has 0 saturated heterocycles. The van der Waals surface area contributed by atoms with Crippen molar-refractivity contribution in [1.82, 2.24) is 9.80 Å². The summed E-state index contributed by atoms with van der Waals surface area (Å²) in [5.74, 6) is 1.06. The first-order valence-corrected chi connectivity index (χ1v) is 16.8. The highest BCUT2D eigenvalue weighted by molar-refractivity contribution is 6.02. The third-order valence-electron chi connectivity index (χ3n) is 8.79. The fourth-order valence-corrected chi connectivity index (χ4v) is 6.01. The smallest absolute Gasteiger partial charge is 0.323 e. The minimum atomic E-state index is -0.548. The van der Waals surface area contributed by atoms with Gasteiger partial charge in [0.1, 0.15) is 11.6 Å². The van der Waals surface area contributed by atoms with Crippen LogP contribution in [-0.4, -0.2) is 85.2 Å². The second-order valence-electron chi connectivity index (χ2n) is 13.0. The van der Waals surface area contributed by atoms with E-state index < -0.39 is 17.9 Å². The number of hydrogen-bond acceptors (Lipinski definition) is 8. The van der Waals surface area contributed by atoms with Crippen molar-refractivity contribution in [3.63, 3.8) is 0 Å². The van der Waals surface area contributed by atoms with E-state index >= 15 is 0 Å². The van der Waals surface area contributed by atoms with Crippen molar-refractivity contribution >= 4 is 23.3 Å². The number of amides is 3. The number of ether oxygens (including phenoxy) is 4. The number of halogens is 1. The van der Waals surface area contributed by atoms with Gasteiger partial charge in [0.25, 0.3) is 5.91 Å². The molecule has 4 atom stereocenters. The molecule has 5 rings (SSSR count). The standard InChI is InChI=1S/C37H47FN4O7/c1-24-19-42(25(2)22-43)36(44)31-18-30(40-37(45)39-29-11-9-28(38)10-12-29)13-15-32(31)49-26(3)7-5-6-16-46-35(24)21-41(4)20-27-8-14-33-34(17-27)48-23-47-33/h8-15,17-18,24-26,35,43H,5-7,16,19-23H2,1-4H3,(H2,39,40,45)/t24-,25-,26+,35-/m0/s1. The predicted octanol–water partition coefficient (Wildman–Crippen LogP) is 6.13. The Kier molecular flexibility index (Phi) is 12.3. The largest absolute Gasteiger partial charge is 0.490 e. The quantitative estimate of drug-likeness (QED) is 0.261. The summed E-state index contributed by atoms with van der Waals surface area (Å²) in [7, 11) is 2.04. The number of aliphatic hydroxyl groups excluding tert-OH is 1. The first-order valence-electron chi connectivity index (χ1n) is 16.8. The fraction of sp³-hybridized carbons (Fsp3) is 0.459. The van der Waals surface area contributed by atoms with Gasteiger partial charge in [-0.3, -0.25) is 9.69 Å². The van der Waals surface area contributed by atoms with E-state index in [0.29, 0.717) is 43.4 Å². The van der Waals surface area contributed by atoms with Crippen LogP contribution in [0.4, 0.5) is 20.6 Å². The van der Waals surface area contributed by atoms with Crippen LogP contribution in [0.5, 0.6) is 17.2 Å². The van der Waals surface area contributed by atoms with Crippen LogP contribution >= 0.6 is 0 Å². The molecule has 0 aromatic heterocycles. The molecule has 0 unspecified atom stereocenters. The molecular formula is C37H47FN4O7. The van der Waals surface area contributed by atoms with Crippen LogP contribution in [0.3, 0.4) is 0 Å². The number of nitrogens with one attached hydrogen (secondary N) is 2. The molecule has 3 aromatic carbocycles. The summed E-state index contributed by atoms with van der Waals surface area (Å²) in [5.41, 5.74) is 2.15. The number of urea groups is 1. The monoisotopic (exact) mass is 678 g/mol. The first kappa shape index (κ1) is 35.9. The lowest BCUT2D eigenvalue weighted by Crippen LogP contribution is -2.47. The van der Waals surface area contributed by atoms with Gasteiger partial charge in [0.05, 0.1) is 30.4 Å². The molecule has 3 amide bonds. The molecule has 0 aliphatic carbocycles. The zero-order valence-electron chi connectivity index (χ0n) is 28.6. The predicted molar refractivity (Wildman–Crippen MR) is 185 cm³/mol. The highest BCUT2D eigenvalue weighted by atomic mass is 19.1. The lowest BCUT2D eigenvalue weighted by molar-refractivity contribution is -0.0177. The van der Waals surface area contributed by atoms with E-state index in [1.807, 2.05) is 32.2 Å². The Labute approximate surface area is 287 Å². The number of likely N-dealkylation sites (N-methyl/N-ethyl adjacent to an activating group) is 1. The third-order valence-corrected chi connectivity index (χ3v) is 8.79. The van der Waals surface area contributed by atoms with E-state index in [1.54, 1.807) is 30.0 Å². The van der Waals surface area contributed by atoms with Gasteiger partial charge in [0, 0.05) is 43.5 Å². The molecule has 3 aromatic rings. The number of aliphatic hydroxyl groups is 1. The van der Waals surface area contributed by atoms with Crippen LogP contribution in [-0.2, 0) is 11.3 Å². The van der Waals surface area contributed by atoms with Crippen molar-refractivity contribution in [3.05, 3.63) is 77.6 Å². The molecule has 2 aliphatic heterocycles. The van der Waals surface area contributed by atoms with Crippen molar-refractivity contribution < 1.29 is 38.0 Å². The zero-order chi connectivity index (χ0) is 34.9. The number of benzene rings is 3. The maximum atomic E-state index is 14.4. The Morgan fingerprint density at radius 3 is 2.49 bits per heavy atom. The average molecular weight is 679 g/mol. The number of fused-ring (bicyclic) bond motifs is 2. The summed E-state index contributed by atoms with van der Waals surface area (Å²) in [4.78, 5) is 31.0. The van der Waals surface area contributed by atoms with Gasteiger partial charge in [0.2, 0.25) is 6.79 Å². The first-order chi connectivity index (χ1) is 23.6. The molecule has 0 spiro atoms. The molecule has 0 radical (unpaired) electrons. The fourth-order valence-electron chi connectivity index (χ4n) is 6.01. The summed E-state index contributed by atoms with van der Waals surface area (Å²) < 4.78 is 37.1. The van der Waals surface area contributed by atoms with Gasteiger partial charge in [0.15, 0.2) is 11.5 Å². The maximum absolute atomic E-state index is 14.4. The van der Waals surface area contributed by atoms with Gasteiger partial charge in [-0.25, -0.2) is 9.18 Å². The number of rotatable bonds is 8. The van der Waals surface area contributed by atoms with Crippen LogP contribution in [0, 0.1) is 11.7 Å². The Bertz CT molecular complexity index is 1570. The molecule has 2 heterocycles. The van der Waals surface area contributed by atoms with Crippen molar-refractivity contribution in [1.29, 1.82) is 0 Å². The lowest BCUT2D eigenvalue weighted by Gasteiger charge is -2.36. The SMILES string of the molecule is C[C@@H]1CCCCO[C@@H](CN(C)Cc2ccc3c(c2)OCO3)[C@@H](C)CN([C@@H](C)CO)C(=O)c2cc(NC(=O)Nc3ccc(F)cc3)ccc2O1. The Morgan fingerprint density at radius 1 is 1.00 bits per heavy atom. The molecule has 11 nitrogen and oxygen atoms in total. The number of nitrogens with zero attached hydrogens (tertiary/aromatic N) is 2. The molecular weight excluding hydrogens is 631 g/mol. The molecule has 0 saturated carbocycles. The van der Waals surface area contributed by atoms with Gasteiger partial charge in [-0.1, -0.05) is 13.0 Å². The summed E-state index contributed by atoms with van der Waals surface area (Å²) >= 11 is 0. The van der Waals surface area contributed by atoms with E-state index in [1.165, 1.54) is 24.3 Å². The van der Waals surface area contributed by atoms with Crippen molar-refractivity contribution in [2.24, 2.45) is 5.92 Å². The number of carbonyl (C=O) groups is 2. The van der Waals surface area contributed by atoms with Crippen LogP contribution in [0.2, 0.25) is 0 Å². The van der Waals surface area contributed by atoms with E-state index in [4.69, 9.17) is 18.9 Å². The number of carbonyl (C=O) groups excluding carboxylic acids is 2. The van der Waals surface area contributed by atoms with Crippen molar-refractivity contribution in [2.45, 2.75) is 64.8 Å². The van der Waals surface area contributed by atoms with E-state index in [-0.39, 0.29) is 43.0 Å². The molecule has 264 valence electrons. The van der Waals surface area contributed by atoms with Gasteiger partial charge >= 0.3 is 6.03 Å². The van der Waals surface area contributed by atoms with Crippen LogP contribution < -0.4 is 24.8 Å². The molecule has 3 N–H and O–H groups in total. The number of anilines is 2. The van der Waals surface area contributed by atoms with Crippen molar-refractivity contribution in [2.75, 3.05) is 50.8 Å². The highest BCUT2D eigenvalue weighted by Gasteiger charge is 2.30. The molecule has 2 aliphatic rings. The second kappa shape index (κ2) is 16.8. The summed E-state index contributed by atoms with van der Waals surface area (Å²) in [5, 5.41) is 15.7. The Balaban J connectivity index is 1.36. The Morgan fingerprint density at radius 2 is 1.71 bits per heavy atom. The lowest BCUT2D eigenvalue weighted by atomic mass is 10.0. The summed E-state index contributed by atoms with van der Waals surface area (Å²) in [6, 6.07) is 15.3. The van der Waals surface area contributed by atoms with Gasteiger partial charge < -0.3 is 39.6 Å². The normalized spacial score (nSPS) is 20.6. The Hall–Kier alpha value is -4.39. The minimum absolute atomic E-state index is 0.0915. The molecule has 0 bridgehead atoms. The van der Waals surface area contributed by atoms with Gasteiger partial charge in [-0.2, -0.15) is 0 Å². The average Bonchev–Trinajstić information content (AvgIpc) is 3.55. The van der Waals surface area contributed by atoms with Crippen LogP contribution in [0.15, 0.2) is 60.7 Å². The summed E-state index contributed by atoms with van der Waals surface area (Å²) in [6.07, 6.45) is 2.13. The van der Waals surface area contributed by atoms with Crippen LogP contribution in [0.25, 0.3) is 0 Å². The van der Waals surface area contributed by atoms with E-state index in [9.17, 15) is 19.1 Å². The highest BCUT2D eigenvalue weighted by Crippen LogP contribution is 2.33. The number of hydrogen-bond donors (Lipinski definition) is 3. The zero-order valence-corrected chi connectivity index (χ0v) is 28.6. The topological polar surface area (TPSA) is 122 Å². The summed E-state index contributed by atoms with van der Waals surface area (Å²) in [6.45, 7) is 8.01. The van der Waals surface area contributed by atoms with Crippen molar-refractivity contribution in [3.8, 4) is 17.2 Å².